The maximum absolute atomic E-state index is 13.3. The number of nitrogens with zero attached hydrogens (tertiary/aromatic N) is 5. The van der Waals surface area contributed by atoms with E-state index in [1.807, 2.05) is 29.8 Å². The summed E-state index contributed by atoms with van der Waals surface area (Å²) < 4.78 is 20.9. The predicted octanol–water partition coefficient (Wildman–Crippen LogP) is 4.60. The first-order valence-electron chi connectivity index (χ1n) is 10.4. The van der Waals surface area contributed by atoms with E-state index in [0.29, 0.717) is 6.67 Å². The third-order valence-corrected chi connectivity index (χ3v) is 5.65. The Hall–Kier alpha value is -3.61. The van der Waals surface area contributed by atoms with Crippen LogP contribution in [0.3, 0.4) is 0 Å². The number of anilines is 1. The van der Waals surface area contributed by atoms with Gasteiger partial charge in [0.2, 0.25) is 0 Å². The molecular formula is C24H24FN5O. The number of amidine groups is 1. The highest BCUT2D eigenvalue weighted by Crippen LogP contribution is 2.31. The number of benzene rings is 2. The maximum Gasteiger partial charge on any atom is 0.147 e. The summed E-state index contributed by atoms with van der Waals surface area (Å²) in [4.78, 5) is 9.10. The molecule has 0 saturated carbocycles. The minimum Gasteiger partial charge on any atom is -0.495 e. The maximum atomic E-state index is 13.3. The molecule has 0 radical (unpaired) electrons. The SMILES string of the molecule is COc1cc(C=C2CCCN3C2=NCN3c2ccc(F)cc2)ccc1-n1cnc(C)c1. The molecule has 0 aliphatic carbocycles. The first-order chi connectivity index (χ1) is 15.1. The topological polar surface area (TPSA) is 45.9 Å². The number of hydrogen-bond donors (Lipinski definition) is 0. The van der Waals surface area contributed by atoms with Gasteiger partial charge in [0.15, 0.2) is 0 Å². The van der Waals surface area contributed by atoms with Gasteiger partial charge in [0.1, 0.15) is 24.1 Å². The van der Waals surface area contributed by atoms with Crippen LogP contribution < -0.4 is 9.75 Å². The number of ether oxygens (including phenoxy) is 1. The number of methoxy groups -OCH3 is 1. The van der Waals surface area contributed by atoms with Gasteiger partial charge in [-0.3, -0.25) is 10.0 Å². The smallest absolute Gasteiger partial charge is 0.147 e. The molecule has 31 heavy (non-hydrogen) atoms. The number of rotatable bonds is 4. The standard InChI is InChI=1S/C24H24FN5O/c1-17-14-28(15-26-17)22-10-5-18(13-23(22)31-2)12-19-4-3-11-29-24(19)27-16-30(29)21-8-6-20(25)7-9-21/h5-10,12-15H,3-4,11,16H2,1-2H3. The number of aliphatic imine (C=N–C) groups is 1. The fourth-order valence-corrected chi connectivity index (χ4v) is 4.15. The van der Waals surface area contributed by atoms with Crippen molar-refractivity contribution in [2.45, 2.75) is 19.8 Å². The van der Waals surface area contributed by atoms with Crippen LogP contribution in [-0.4, -0.2) is 40.7 Å². The zero-order chi connectivity index (χ0) is 21.4. The monoisotopic (exact) mass is 417 g/mol. The molecule has 0 bridgehead atoms. The molecule has 0 atom stereocenters. The van der Waals surface area contributed by atoms with Crippen molar-refractivity contribution >= 4 is 17.6 Å². The van der Waals surface area contributed by atoms with E-state index >= 15 is 0 Å². The molecule has 3 aromatic rings. The van der Waals surface area contributed by atoms with E-state index in [0.717, 1.165) is 53.6 Å². The second-order valence-corrected chi connectivity index (χ2v) is 7.75. The minimum atomic E-state index is -0.230. The van der Waals surface area contributed by atoms with Gasteiger partial charge >= 0.3 is 0 Å². The molecule has 5 rings (SSSR count). The summed E-state index contributed by atoms with van der Waals surface area (Å²) in [6.07, 6.45) is 7.96. The van der Waals surface area contributed by atoms with Gasteiger partial charge in [0.05, 0.1) is 30.5 Å². The number of aromatic nitrogens is 2. The lowest BCUT2D eigenvalue weighted by Gasteiger charge is -2.35. The Bertz CT molecular complexity index is 1160. The van der Waals surface area contributed by atoms with Crippen LogP contribution in [0.1, 0.15) is 24.1 Å². The summed E-state index contributed by atoms with van der Waals surface area (Å²) >= 11 is 0. The van der Waals surface area contributed by atoms with Crippen molar-refractivity contribution in [2.24, 2.45) is 4.99 Å². The Labute approximate surface area is 180 Å². The molecular weight excluding hydrogens is 393 g/mol. The van der Waals surface area contributed by atoms with E-state index in [4.69, 9.17) is 9.73 Å². The average molecular weight is 417 g/mol. The third-order valence-electron chi connectivity index (χ3n) is 5.65. The molecule has 1 aromatic heterocycles. The van der Waals surface area contributed by atoms with E-state index in [2.05, 4.69) is 27.1 Å². The predicted molar refractivity (Wildman–Crippen MR) is 120 cm³/mol. The molecule has 1 saturated heterocycles. The second-order valence-electron chi connectivity index (χ2n) is 7.75. The van der Waals surface area contributed by atoms with Crippen LogP contribution in [0.4, 0.5) is 10.1 Å². The fraction of sp³-hybridized carbons (Fsp3) is 0.250. The molecule has 6 nitrogen and oxygen atoms in total. The van der Waals surface area contributed by atoms with Gasteiger partial charge < -0.3 is 9.30 Å². The van der Waals surface area contributed by atoms with Gasteiger partial charge in [-0.15, -0.1) is 0 Å². The number of fused-ring (bicyclic) bond motifs is 1. The van der Waals surface area contributed by atoms with Crippen molar-refractivity contribution in [3.8, 4) is 11.4 Å². The van der Waals surface area contributed by atoms with Crippen molar-refractivity contribution in [3.05, 3.63) is 77.6 Å². The van der Waals surface area contributed by atoms with Gasteiger partial charge in [-0.05, 0) is 73.4 Å². The first kappa shape index (κ1) is 19.4. The number of imidazole rings is 1. The Balaban J connectivity index is 1.42. The highest BCUT2D eigenvalue weighted by atomic mass is 19.1. The van der Waals surface area contributed by atoms with Crippen LogP contribution in [0.2, 0.25) is 0 Å². The van der Waals surface area contributed by atoms with Crippen LogP contribution in [0, 0.1) is 12.7 Å². The van der Waals surface area contributed by atoms with E-state index in [9.17, 15) is 4.39 Å². The lowest BCUT2D eigenvalue weighted by atomic mass is 10.0. The number of halogens is 1. The quantitative estimate of drug-likeness (QED) is 0.623. The average Bonchev–Trinajstić information content (AvgIpc) is 3.41. The molecule has 158 valence electrons. The Morgan fingerprint density at radius 3 is 2.68 bits per heavy atom. The summed E-state index contributed by atoms with van der Waals surface area (Å²) in [6.45, 7) is 3.41. The minimum absolute atomic E-state index is 0.230. The molecule has 2 aromatic carbocycles. The zero-order valence-electron chi connectivity index (χ0n) is 17.6. The summed E-state index contributed by atoms with van der Waals surface area (Å²) in [5, 5.41) is 4.30. The fourth-order valence-electron chi connectivity index (χ4n) is 4.15. The van der Waals surface area contributed by atoms with Crippen LogP contribution in [0.5, 0.6) is 5.75 Å². The highest BCUT2D eigenvalue weighted by molar-refractivity contribution is 6.04. The number of aryl methyl sites for hydroxylation is 1. The van der Waals surface area contributed by atoms with Crippen molar-refractivity contribution in [1.29, 1.82) is 0 Å². The van der Waals surface area contributed by atoms with Crippen molar-refractivity contribution in [2.75, 3.05) is 25.3 Å². The Morgan fingerprint density at radius 2 is 1.94 bits per heavy atom. The van der Waals surface area contributed by atoms with E-state index in [1.54, 1.807) is 25.6 Å². The number of hydrogen-bond acceptors (Lipinski definition) is 5. The van der Waals surface area contributed by atoms with Crippen LogP contribution in [-0.2, 0) is 0 Å². The van der Waals surface area contributed by atoms with Gasteiger partial charge in [0, 0.05) is 12.7 Å². The largest absolute Gasteiger partial charge is 0.495 e. The molecule has 2 aliphatic heterocycles. The first-order valence-corrected chi connectivity index (χ1v) is 10.4. The molecule has 2 aliphatic rings. The van der Waals surface area contributed by atoms with Crippen molar-refractivity contribution in [3.63, 3.8) is 0 Å². The number of piperidine rings is 1. The molecule has 0 spiro atoms. The highest BCUT2D eigenvalue weighted by Gasteiger charge is 2.31. The second kappa shape index (κ2) is 7.91. The van der Waals surface area contributed by atoms with Crippen LogP contribution in [0.25, 0.3) is 11.8 Å². The van der Waals surface area contributed by atoms with Crippen LogP contribution in [0.15, 0.2) is 65.6 Å². The summed E-state index contributed by atoms with van der Waals surface area (Å²) in [5.41, 5.74) is 5.13. The van der Waals surface area contributed by atoms with E-state index in [1.165, 1.54) is 17.7 Å². The summed E-state index contributed by atoms with van der Waals surface area (Å²) in [7, 11) is 1.68. The van der Waals surface area contributed by atoms with E-state index < -0.39 is 0 Å². The summed E-state index contributed by atoms with van der Waals surface area (Å²) in [5.74, 6) is 1.55. The zero-order valence-corrected chi connectivity index (χ0v) is 17.6. The van der Waals surface area contributed by atoms with Crippen molar-refractivity contribution < 1.29 is 9.13 Å². The van der Waals surface area contributed by atoms with Gasteiger partial charge in [-0.25, -0.2) is 14.4 Å². The summed E-state index contributed by atoms with van der Waals surface area (Å²) in [6, 6.07) is 12.8. The lowest BCUT2D eigenvalue weighted by molar-refractivity contribution is 0.390. The molecule has 0 unspecified atom stereocenters. The van der Waals surface area contributed by atoms with Crippen molar-refractivity contribution in [1.82, 2.24) is 14.6 Å². The Kier molecular flexibility index (Phi) is 4.94. The molecule has 7 heteroatoms. The molecule has 0 N–H and O–H groups in total. The molecule has 0 amide bonds. The third kappa shape index (κ3) is 3.67. The van der Waals surface area contributed by atoms with Crippen LogP contribution >= 0.6 is 0 Å². The normalized spacial score (nSPS) is 17.1. The molecule has 3 heterocycles. The lowest BCUT2D eigenvalue weighted by Crippen LogP contribution is -2.45. The Morgan fingerprint density at radius 1 is 1.10 bits per heavy atom. The number of hydrazine groups is 1. The van der Waals surface area contributed by atoms with Gasteiger partial charge in [0.25, 0.3) is 0 Å². The molecule has 1 fully saturated rings. The van der Waals surface area contributed by atoms with E-state index in [-0.39, 0.29) is 5.82 Å². The van der Waals surface area contributed by atoms with Gasteiger partial charge in [-0.2, -0.15) is 0 Å². The van der Waals surface area contributed by atoms with Gasteiger partial charge in [-0.1, -0.05) is 6.07 Å².